The van der Waals surface area contributed by atoms with Gasteiger partial charge in [0.25, 0.3) is 0 Å². The van der Waals surface area contributed by atoms with Crippen LogP contribution in [0.15, 0.2) is 18.2 Å². The summed E-state index contributed by atoms with van der Waals surface area (Å²) < 4.78 is 0. The lowest BCUT2D eigenvalue weighted by Gasteiger charge is -1.97. The summed E-state index contributed by atoms with van der Waals surface area (Å²) in [6, 6.07) is 4.45. The number of carbonyl (C=O) groups is 1. The van der Waals surface area contributed by atoms with Crippen LogP contribution < -0.4 is 0 Å². The maximum absolute atomic E-state index is 10.4. The Kier molecular flexibility index (Phi) is 2.37. The van der Waals surface area contributed by atoms with Gasteiger partial charge in [0.1, 0.15) is 5.56 Å². The van der Waals surface area contributed by atoms with Crippen LogP contribution in [0.2, 0.25) is 10.0 Å². The first-order valence-corrected chi connectivity index (χ1v) is 3.54. The fourth-order valence-electron chi connectivity index (χ4n) is 0.693. The van der Waals surface area contributed by atoms with Gasteiger partial charge in [-0.25, -0.2) is 9.90 Å². The first kappa shape index (κ1) is 8.37. The van der Waals surface area contributed by atoms with Crippen LogP contribution in [-0.4, -0.2) is 5.97 Å². The van der Waals surface area contributed by atoms with Crippen LogP contribution in [0, 0.1) is 0 Å². The van der Waals surface area contributed by atoms with Crippen molar-refractivity contribution in [3.63, 3.8) is 0 Å². The van der Waals surface area contributed by atoms with E-state index in [1.807, 2.05) is 0 Å². The normalized spacial score (nSPS) is 9.64. The molecule has 0 aliphatic heterocycles. The second-order valence-electron chi connectivity index (χ2n) is 1.88. The van der Waals surface area contributed by atoms with E-state index in [-0.39, 0.29) is 15.6 Å². The van der Waals surface area contributed by atoms with Crippen molar-refractivity contribution in [1.82, 2.24) is 0 Å². The maximum Gasteiger partial charge on any atom is 0.389 e. The molecule has 0 bridgehead atoms. The van der Waals surface area contributed by atoms with Crippen LogP contribution in [0.5, 0.6) is 0 Å². The highest BCUT2D eigenvalue weighted by Crippen LogP contribution is 2.23. The van der Waals surface area contributed by atoms with Gasteiger partial charge in [0, 0.05) is 0 Å². The van der Waals surface area contributed by atoms with Crippen LogP contribution in [0.4, 0.5) is 0 Å². The third-order valence-corrected chi connectivity index (χ3v) is 1.80. The zero-order valence-electron chi connectivity index (χ0n) is 5.30. The molecule has 0 aliphatic carbocycles. The molecule has 0 saturated heterocycles. The van der Waals surface area contributed by atoms with E-state index < -0.39 is 5.97 Å². The summed E-state index contributed by atoms with van der Waals surface area (Å²) >= 11 is 11.0. The molecule has 1 radical (unpaired) electrons. The standard InChI is InChI=1S/C7H3Cl2O2/c8-4-2-1-3-5(9)6(4)7(10)11/h1-3H. The zero-order chi connectivity index (χ0) is 8.43. The molecule has 0 unspecified atom stereocenters. The predicted octanol–water partition coefficient (Wildman–Crippen LogP) is 2.56. The Morgan fingerprint density at radius 2 is 1.64 bits per heavy atom. The zero-order valence-corrected chi connectivity index (χ0v) is 6.82. The number of carbonyl (C=O) groups excluding carboxylic acids is 1. The average molecular weight is 190 g/mol. The minimum Gasteiger partial charge on any atom is -0.241 e. The number of halogens is 2. The van der Waals surface area contributed by atoms with Gasteiger partial charge in [-0.1, -0.05) is 29.3 Å². The average Bonchev–Trinajstić information content (AvgIpc) is 1.85. The molecule has 2 nitrogen and oxygen atoms in total. The Bertz CT molecular complexity index is 276. The third kappa shape index (κ3) is 1.64. The molecular formula is C7H3Cl2O2. The van der Waals surface area contributed by atoms with E-state index in [9.17, 15) is 9.90 Å². The molecule has 0 aromatic heterocycles. The van der Waals surface area contributed by atoms with E-state index in [2.05, 4.69) is 0 Å². The lowest BCUT2D eigenvalue weighted by atomic mass is 10.2. The molecule has 0 heterocycles. The molecule has 0 aliphatic rings. The molecule has 1 aromatic rings. The minimum atomic E-state index is -1.36. The summed E-state index contributed by atoms with van der Waals surface area (Å²) in [6.45, 7) is 0. The van der Waals surface area contributed by atoms with Crippen molar-refractivity contribution in [2.24, 2.45) is 0 Å². The van der Waals surface area contributed by atoms with Crippen molar-refractivity contribution in [1.29, 1.82) is 0 Å². The Hall–Kier alpha value is -0.730. The summed E-state index contributed by atoms with van der Waals surface area (Å²) in [7, 11) is 0. The molecule has 1 rings (SSSR count). The van der Waals surface area contributed by atoms with Crippen LogP contribution in [0.1, 0.15) is 10.4 Å². The molecular weight excluding hydrogens is 187 g/mol. The van der Waals surface area contributed by atoms with Gasteiger partial charge in [0.15, 0.2) is 0 Å². The van der Waals surface area contributed by atoms with Crippen molar-refractivity contribution in [2.45, 2.75) is 0 Å². The lowest BCUT2D eigenvalue weighted by molar-refractivity contribution is 0.0573. The van der Waals surface area contributed by atoms with E-state index in [4.69, 9.17) is 23.2 Å². The van der Waals surface area contributed by atoms with E-state index in [0.717, 1.165) is 0 Å². The van der Waals surface area contributed by atoms with Crippen molar-refractivity contribution in [3.05, 3.63) is 33.8 Å². The van der Waals surface area contributed by atoms with Crippen LogP contribution in [0.3, 0.4) is 0 Å². The number of hydrogen-bond donors (Lipinski definition) is 0. The Morgan fingerprint density at radius 1 is 1.18 bits per heavy atom. The minimum absolute atomic E-state index is 0.0949. The van der Waals surface area contributed by atoms with Crippen molar-refractivity contribution in [3.8, 4) is 0 Å². The highest BCUT2D eigenvalue weighted by molar-refractivity contribution is 6.39. The van der Waals surface area contributed by atoms with E-state index in [1.165, 1.54) is 12.1 Å². The van der Waals surface area contributed by atoms with Crippen molar-refractivity contribution >= 4 is 29.2 Å². The van der Waals surface area contributed by atoms with Crippen LogP contribution >= 0.6 is 23.2 Å². The SMILES string of the molecule is [O]C(=O)c1c(Cl)cccc1Cl. The van der Waals surface area contributed by atoms with Gasteiger partial charge in [-0.05, 0) is 12.1 Å². The Labute approximate surface area is 73.4 Å². The molecule has 4 heteroatoms. The van der Waals surface area contributed by atoms with E-state index >= 15 is 0 Å². The third-order valence-electron chi connectivity index (χ3n) is 1.17. The van der Waals surface area contributed by atoms with Crippen LogP contribution in [-0.2, 0) is 5.11 Å². The van der Waals surface area contributed by atoms with Gasteiger partial charge in [-0.15, -0.1) is 0 Å². The van der Waals surface area contributed by atoms with E-state index in [0.29, 0.717) is 0 Å². The van der Waals surface area contributed by atoms with Crippen LogP contribution in [0.25, 0.3) is 0 Å². The molecule has 0 fully saturated rings. The molecule has 0 amide bonds. The highest BCUT2D eigenvalue weighted by atomic mass is 35.5. The smallest absolute Gasteiger partial charge is 0.241 e. The fraction of sp³-hybridized carbons (Fsp3) is 0. The second-order valence-corrected chi connectivity index (χ2v) is 2.70. The lowest BCUT2D eigenvalue weighted by Crippen LogP contribution is -1.95. The molecule has 0 N–H and O–H groups in total. The van der Waals surface area contributed by atoms with Crippen molar-refractivity contribution < 1.29 is 9.90 Å². The topological polar surface area (TPSA) is 37.0 Å². The van der Waals surface area contributed by atoms with Gasteiger partial charge in [0.05, 0.1) is 10.0 Å². The summed E-state index contributed by atoms with van der Waals surface area (Å²) in [6.07, 6.45) is 0. The largest absolute Gasteiger partial charge is 0.389 e. The number of hydrogen-bond acceptors (Lipinski definition) is 1. The predicted molar refractivity (Wildman–Crippen MR) is 41.5 cm³/mol. The van der Waals surface area contributed by atoms with Gasteiger partial charge in [-0.3, -0.25) is 0 Å². The first-order valence-electron chi connectivity index (χ1n) is 2.78. The second kappa shape index (κ2) is 3.11. The maximum atomic E-state index is 10.4. The molecule has 11 heavy (non-hydrogen) atoms. The highest BCUT2D eigenvalue weighted by Gasteiger charge is 2.13. The van der Waals surface area contributed by atoms with Gasteiger partial charge in [0.2, 0.25) is 0 Å². The van der Waals surface area contributed by atoms with Crippen molar-refractivity contribution in [2.75, 3.05) is 0 Å². The van der Waals surface area contributed by atoms with Gasteiger partial charge < -0.3 is 0 Å². The first-order chi connectivity index (χ1) is 5.13. The summed E-state index contributed by atoms with van der Waals surface area (Å²) in [4.78, 5) is 10.4. The van der Waals surface area contributed by atoms with Gasteiger partial charge in [-0.2, -0.15) is 0 Å². The molecule has 57 valence electrons. The number of rotatable bonds is 1. The summed E-state index contributed by atoms with van der Waals surface area (Å²) in [5, 5.41) is 10.6. The summed E-state index contributed by atoms with van der Waals surface area (Å²) in [5.41, 5.74) is -0.157. The summed E-state index contributed by atoms with van der Waals surface area (Å²) in [5.74, 6) is -1.36. The quantitative estimate of drug-likeness (QED) is 0.670. The molecule has 0 atom stereocenters. The Morgan fingerprint density at radius 3 is 1.91 bits per heavy atom. The fourth-order valence-corrected chi connectivity index (χ4v) is 1.24. The molecule has 0 saturated carbocycles. The van der Waals surface area contributed by atoms with Gasteiger partial charge >= 0.3 is 5.97 Å². The number of benzene rings is 1. The molecule has 1 aromatic carbocycles. The monoisotopic (exact) mass is 189 g/mol. The van der Waals surface area contributed by atoms with E-state index in [1.54, 1.807) is 6.07 Å². The Balaban J connectivity index is 3.32. The molecule has 0 spiro atoms.